The summed E-state index contributed by atoms with van der Waals surface area (Å²) in [7, 11) is 0. The van der Waals surface area contributed by atoms with E-state index in [-0.39, 0.29) is 5.82 Å². The first kappa shape index (κ1) is 18.6. The standard InChI is InChI=1S/C23H24FN5O2/c24-16-1-3-18-19(13-16)26-27-22(18)15-5-7-28(8-6-15)17-2-4-21-20(14-17)25-23(31-21)29-9-11-30-12-10-29/h1-4,13-15H,5-12H2,(H,26,27). The first-order chi connectivity index (χ1) is 15.2. The second-order valence-corrected chi connectivity index (χ2v) is 8.31. The number of benzene rings is 2. The third kappa shape index (κ3) is 3.40. The molecule has 0 spiro atoms. The number of morpholine rings is 1. The van der Waals surface area contributed by atoms with Gasteiger partial charge in [-0.25, -0.2) is 4.39 Å². The van der Waals surface area contributed by atoms with Gasteiger partial charge in [-0.3, -0.25) is 5.10 Å². The lowest BCUT2D eigenvalue weighted by Gasteiger charge is -2.33. The van der Waals surface area contributed by atoms with E-state index in [9.17, 15) is 4.39 Å². The van der Waals surface area contributed by atoms with Crippen molar-refractivity contribution in [3.63, 3.8) is 0 Å². The van der Waals surface area contributed by atoms with Crippen LogP contribution < -0.4 is 9.80 Å². The molecule has 2 aliphatic rings. The van der Waals surface area contributed by atoms with E-state index >= 15 is 0 Å². The summed E-state index contributed by atoms with van der Waals surface area (Å²) in [5, 5.41) is 8.51. The topological polar surface area (TPSA) is 70.4 Å². The molecule has 0 bridgehead atoms. The number of anilines is 2. The normalized spacial score (nSPS) is 18.4. The molecule has 2 aromatic carbocycles. The van der Waals surface area contributed by atoms with E-state index in [4.69, 9.17) is 14.1 Å². The van der Waals surface area contributed by atoms with Gasteiger partial charge in [0, 0.05) is 43.2 Å². The maximum Gasteiger partial charge on any atom is 0.298 e. The van der Waals surface area contributed by atoms with Gasteiger partial charge in [0.2, 0.25) is 0 Å². The molecule has 2 saturated heterocycles. The van der Waals surface area contributed by atoms with E-state index in [2.05, 4.69) is 32.1 Å². The van der Waals surface area contributed by atoms with Gasteiger partial charge in [0.15, 0.2) is 5.58 Å². The lowest BCUT2D eigenvalue weighted by Crippen LogP contribution is -2.36. The number of rotatable bonds is 3. The van der Waals surface area contributed by atoms with E-state index in [1.807, 2.05) is 12.1 Å². The molecule has 2 fully saturated rings. The van der Waals surface area contributed by atoms with Crippen LogP contribution in [0.15, 0.2) is 40.8 Å². The number of oxazole rings is 1. The zero-order chi connectivity index (χ0) is 20.8. The van der Waals surface area contributed by atoms with Crippen LogP contribution in [-0.2, 0) is 4.74 Å². The van der Waals surface area contributed by atoms with Crippen molar-refractivity contribution in [2.75, 3.05) is 49.2 Å². The Kier molecular flexibility index (Phi) is 4.52. The maximum atomic E-state index is 13.5. The van der Waals surface area contributed by atoms with Gasteiger partial charge < -0.3 is 19.0 Å². The van der Waals surface area contributed by atoms with Crippen LogP contribution >= 0.6 is 0 Å². The van der Waals surface area contributed by atoms with Crippen molar-refractivity contribution in [3.05, 3.63) is 47.9 Å². The number of aromatic amines is 1. The quantitative estimate of drug-likeness (QED) is 0.538. The van der Waals surface area contributed by atoms with Crippen molar-refractivity contribution in [1.82, 2.24) is 15.2 Å². The minimum absolute atomic E-state index is 0.238. The molecule has 0 amide bonds. The fourth-order valence-corrected chi connectivity index (χ4v) is 4.73. The van der Waals surface area contributed by atoms with E-state index in [0.29, 0.717) is 25.1 Å². The molecule has 1 N–H and O–H groups in total. The van der Waals surface area contributed by atoms with Crippen LogP contribution in [0.2, 0.25) is 0 Å². The second-order valence-electron chi connectivity index (χ2n) is 8.31. The van der Waals surface area contributed by atoms with Gasteiger partial charge in [0.1, 0.15) is 11.3 Å². The summed E-state index contributed by atoms with van der Waals surface area (Å²) in [6.45, 7) is 4.92. The number of piperidine rings is 1. The van der Waals surface area contributed by atoms with E-state index < -0.39 is 0 Å². The van der Waals surface area contributed by atoms with Crippen LogP contribution in [0.1, 0.15) is 24.5 Å². The lowest BCUT2D eigenvalue weighted by molar-refractivity contribution is 0.120. The number of aromatic nitrogens is 3. The number of hydrogen-bond donors (Lipinski definition) is 1. The minimum Gasteiger partial charge on any atom is -0.423 e. The van der Waals surface area contributed by atoms with E-state index in [1.165, 1.54) is 17.8 Å². The largest absolute Gasteiger partial charge is 0.423 e. The maximum absolute atomic E-state index is 13.5. The zero-order valence-corrected chi connectivity index (χ0v) is 17.2. The van der Waals surface area contributed by atoms with E-state index in [1.54, 1.807) is 0 Å². The molecule has 0 atom stereocenters. The summed E-state index contributed by atoms with van der Waals surface area (Å²) in [5.74, 6) is 0.136. The Hall–Kier alpha value is -3.13. The fraction of sp³-hybridized carbons (Fsp3) is 0.391. The van der Waals surface area contributed by atoms with Crippen LogP contribution in [-0.4, -0.2) is 54.6 Å². The number of nitrogens with one attached hydrogen (secondary N) is 1. The third-order valence-electron chi connectivity index (χ3n) is 6.44. The lowest BCUT2D eigenvalue weighted by atomic mass is 9.91. The number of nitrogens with zero attached hydrogens (tertiary/aromatic N) is 4. The van der Waals surface area contributed by atoms with Crippen LogP contribution in [0.3, 0.4) is 0 Å². The molecule has 6 rings (SSSR count). The Labute approximate surface area is 178 Å². The SMILES string of the molecule is Fc1ccc2c(C3CCN(c4ccc5oc(N6CCOCC6)nc5c4)CC3)n[nH]c2c1. The van der Waals surface area contributed by atoms with Crippen LogP contribution in [0.5, 0.6) is 0 Å². The summed E-state index contributed by atoms with van der Waals surface area (Å²) in [4.78, 5) is 9.25. The first-order valence-corrected chi connectivity index (χ1v) is 10.9. The van der Waals surface area contributed by atoms with Gasteiger partial charge in [0.25, 0.3) is 6.01 Å². The van der Waals surface area contributed by atoms with Gasteiger partial charge in [0.05, 0.1) is 24.4 Å². The summed E-state index contributed by atoms with van der Waals surface area (Å²) in [6, 6.07) is 11.8. The number of ether oxygens (including phenoxy) is 1. The number of hydrogen-bond acceptors (Lipinski definition) is 6. The Bertz CT molecular complexity index is 1220. The molecule has 160 valence electrons. The summed E-state index contributed by atoms with van der Waals surface area (Å²) < 4.78 is 24.9. The molecule has 0 unspecified atom stereocenters. The zero-order valence-electron chi connectivity index (χ0n) is 17.2. The van der Waals surface area contributed by atoms with Gasteiger partial charge in [-0.1, -0.05) is 0 Å². The van der Waals surface area contributed by atoms with Crippen LogP contribution in [0.4, 0.5) is 16.1 Å². The third-order valence-corrected chi connectivity index (χ3v) is 6.44. The molecule has 8 heteroatoms. The van der Waals surface area contributed by atoms with Crippen molar-refractivity contribution in [1.29, 1.82) is 0 Å². The Balaban J connectivity index is 1.18. The number of halogens is 1. The molecule has 31 heavy (non-hydrogen) atoms. The Morgan fingerprint density at radius 2 is 1.81 bits per heavy atom. The molecule has 2 aliphatic heterocycles. The van der Waals surface area contributed by atoms with Gasteiger partial charge in [-0.05, 0) is 49.2 Å². The Morgan fingerprint density at radius 1 is 0.968 bits per heavy atom. The van der Waals surface area contributed by atoms with Crippen molar-refractivity contribution < 1.29 is 13.5 Å². The highest BCUT2D eigenvalue weighted by atomic mass is 19.1. The molecule has 4 heterocycles. The van der Waals surface area contributed by atoms with Crippen molar-refractivity contribution in [3.8, 4) is 0 Å². The molecule has 0 saturated carbocycles. The first-order valence-electron chi connectivity index (χ1n) is 10.9. The highest BCUT2D eigenvalue weighted by Gasteiger charge is 2.25. The predicted octanol–water partition coefficient (Wildman–Crippen LogP) is 4.06. The predicted molar refractivity (Wildman–Crippen MR) is 117 cm³/mol. The monoisotopic (exact) mass is 421 g/mol. The number of H-pyrrole nitrogens is 1. The fourth-order valence-electron chi connectivity index (χ4n) is 4.73. The molecular formula is C23H24FN5O2. The van der Waals surface area contributed by atoms with E-state index in [0.717, 1.165) is 66.7 Å². The van der Waals surface area contributed by atoms with Crippen LogP contribution in [0.25, 0.3) is 22.0 Å². The average molecular weight is 421 g/mol. The average Bonchev–Trinajstić information content (AvgIpc) is 3.43. The van der Waals surface area contributed by atoms with Gasteiger partial charge >= 0.3 is 0 Å². The molecule has 4 aromatic rings. The summed E-state index contributed by atoms with van der Waals surface area (Å²) in [5.41, 5.74) is 4.69. The molecular weight excluding hydrogens is 397 g/mol. The summed E-state index contributed by atoms with van der Waals surface area (Å²) in [6.07, 6.45) is 2.01. The minimum atomic E-state index is -0.238. The van der Waals surface area contributed by atoms with Crippen molar-refractivity contribution in [2.24, 2.45) is 0 Å². The molecule has 0 aliphatic carbocycles. The van der Waals surface area contributed by atoms with Gasteiger partial charge in [-0.2, -0.15) is 10.1 Å². The van der Waals surface area contributed by atoms with Crippen LogP contribution in [0, 0.1) is 5.82 Å². The highest BCUT2D eigenvalue weighted by Crippen LogP contribution is 2.34. The number of fused-ring (bicyclic) bond motifs is 2. The van der Waals surface area contributed by atoms with Crippen molar-refractivity contribution in [2.45, 2.75) is 18.8 Å². The van der Waals surface area contributed by atoms with Crippen molar-refractivity contribution >= 4 is 33.7 Å². The molecule has 0 radical (unpaired) electrons. The summed E-state index contributed by atoms with van der Waals surface area (Å²) >= 11 is 0. The smallest absolute Gasteiger partial charge is 0.298 e. The molecule has 2 aromatic heterocycles. The Morgan fingerprint density at radius 3 is 2.65 bits per heavy atom. The van der Waals surface area contributed by atoms with Gasteiger partial charge in [-0.15, -0.1) is 0 Å². The highest BCUT2D eigenvalue weighted by molar-refractivity contribution is 5.82. The second kappa shape index (κ2) is 7.53. The molecule has 7 nitrogen and oxygen atoms in total.